The Labute approximate surface area is 164 Å². The molecule has 0 saturated carbocycles. The van der Waals surface area contributed by atoms with E-state index < -0.39 is 0 Å². The largest absolute Gasteiger partial charge is 0.257 e. The Hall–Kier alpha value is -1.91. The van der Waals surface area contributed by atoms with E-state index in [2.05, 4.69) is 110 Å². The Morgan fingerprint density at radius 3 is 2.28 bits per heavy atom. The van der Waals surface area contributed by atoms with E-state index in [0.717, 1.165) is 26.8 Å². The van der Waals surface area contributed by atoms with Crippen LogP contribution >= 0.6 is 31.9 Å². The normalized spacial score (nSPS) is 16.8. The molecule has 4 rings (SSSR count). The van der Waals surface area contributed by atoms with Gasteiger partial charge in [-0.1, -0.05) is 80.4 Å². The highest BCUT2D eigenvalue weighted by molar-refractivity contribution is 9.10. The van der Waals surface area contributed by atoms with E-state index in [9.17, 15) is 0 Å². The fraction of sp³-hybridized carbons (Fsp3) is 0.0952. The first kappa shape index (κ1) is 16.6. The molecule has 0 radical (unpaired) electrons. The van der Waals surface area contributed by atoms with Crippen molar-refractivity contribution >= 4 is 43.3 Å². The van der Waals surface area contributed by atoms with E-state index >= 15 is 0 Å². The summed E-state index contributed by atoms with van der Waals surface area (Å²) in [6, 6.07) is 27.5. The Morgan fingerprint density at radius 1 is 0.800 bits per heavy atom. The first-order chi connectivity index (χ1) is 12.2. The maximum absolute atomic E-state index is 4.97. The zero-order valence-corrected chi connectivity index (χ0v) is 16.6. The van der Waals surface area contributed by atoms with Crippen molar-refractivity contribution in [3.8, 4) is 0 Å². The van der Waals surface area contributed by atoms with Crippen LogP contribution in [-0.2, 0) is 0 Å². The molecule has 0 spiro atoms. The Morgan fingerprint density at radius 2 is 1.56 bits per heavy atom. The molecule has 124 valence electrons. The number of hydrogen-bond acceptors (Lipinski definition) is 2. The Bertz CT molecular complexity index is 905. The molecule has 1 atom stereocenters. The van der Waals surface area contributed by atoms with Gasteiger partial charge in [-0.05, 0) is 41.5 Å². The second-order valence-corrected chi connectivity index (χ2v) is 7.84. The molecule has 1 unspecified atom stereocenters. The van der Waals surface area contributed by atoms with Crippen molar-refractivity contribution in [3.63, 3.8) is 0 Å². The van der Waals surface area contributed by atoms with Gasteiger partial charge < -0.3 is 0 Å². The second-order valence-electron chi connectivity index (χ2n) is 6.01. The van der Waals surface area contributed by atoms with Crippen LogP contribution < -0.4 is 5.01 Å². The standard InChI is InChI=1S/C21H16Br2N2/c22-17-11-9-15(10-12-17)20-14-21(16-5-2-1-3-6-16)25(24-20)19-8-4-7-18(23)13-19/h1-13,21H,14H2. The van der Waals surface area contributed by atoms with Crippen LogP contribution in [0, 0.1) is 0 Å². The van der Waals surface area contributed by atoms with Crippen molar-refractivity contribution in [2.24, 2.45) is 5.10 Å². The first-order valence-electron chi connectivity index (χ1n) is 8.14. The molecule has 1 aliphatic rings. The maximum Gasteiger partial charge on any atom is 0.0831 e. The highest BCUT2D eigenvalue weighted by atomic mass is 79.9. The van der Waals surface area contributed by atoms with Crippen molar-refractivity contribution in [1.82, 2.24) is 0 Å². The van der Waals surface area contributed by atoms with Crippen LogP contribution in [0.1, 0.15) is 23.6 Å². The Kier molecular flexibility index (Phi) is 4.73. The minimum Gasteiger partial charge on any atom is -0.257 e. The third-order valence-corrected chi connectivity index (χ3v) is 5.37. The zero-order valence-electron chi connectivity index (χ0n) is 13.4. The topological polar surface area (TPSA) is 15.6 Å². The lowest BCUT2D eigenvalue weighted by atomic mass is 9.98. The smallest absolute Gasteiger partial charge is 0.0831 e. The lowest BCUT2D eigenvalue weighted by Gasteiger charge is -2.24. The van der Waals surface area contributed by atoms with Gasteiger partial charge >= 0.3 is 0 Å². The van der Waals surface area contributed by atoms with E-state index in [0.29, 0.717) is 0 Å². The van der Waals surface area contributed by atoms with Gasteiger partial charge in [-0.25, -0.2) is 0 Å². The van der Waals surface area contributed by atoms with Crippen LogP contribution in [0.4, 0.5) is 5.69 Å². The predicted octanol–water partition coefficient (Wildman–Crippen LogP) is 6.57. The average molecular weight is 456 g/mol. The van der Waals surface area contributed by atoms with Gasteiger partial charge in [-0.3, -0.25) is 5.01 Å². The van der Waals surface area contributed by atoms with Crippen molar-refractivity contribution in [1.29, 1.82) is 0 Å². The molecule has 0 bridgehead atoms. The number of benzene rings is 3. The van der Waals surface area contributed by atoms with Crippen LogP contribution in [0.5, 0.6) is 0 Å². The summed E-state index contributed by atoms with van der Waals surface area (Å²) in [4.78, 5) is 0. The number of hydrazone groups is 1. The summed E-state index contributed by atoms with van der Waals surface area (Å²) in [5.74, 6) is 0. The van der Waals surface area contributed by atoms with E-state index in [1.807, 2.05) is 6.07 Å². The monoisotopic (exact) mass is 454 g/mol. The molecule has 3 aromatic rings. The van der Waals surface area contributed by atoms with Gasteiger partial charge in [-0.15, -0.1) is 0 Å². The molecule has 0 amide bonds. The van der Waals surface area contributed by atoms with Crippen molar-refractivity contribution in [2.75, 3.05) is 5.01 Å². The minimum atomic E-state index is 0.203. The number of hydrogen-bond donors (Lipinski definition) is 0. The van der Waals surface area contributed by atoms with E-state index in [-0.39, 0.29) is 6.04 Å². The molecule has 1 aliphatic heterocycles. The molecule has 0 N–H and O–H groups in total. The zero-order chi connectivity index (χ0) is 17.2. The first-order valence-corrected chi connectivity index (χ1v) is 9.72. The predicted molar refractivity (Wildman–Crippen MR) is 111 cm³/mol. The fourth-order valence-electron chi connectivity index (χ4n) is 3.12. The Balaban J connectivity index is 1.76. The molecular weight excluding hydrogens is 440 g/mol. The van der Waals surface area contributed by atoms with Gasteiger partial charge in [0.05, 0.1) is 17.4 Å². The average Bonchev–Trinajstić information content (AvgIpc) is 3.08. The molecule has 1 heterocycles. The van der Waals surface area contributed by atoms with E-state index in [4.69, 9.17) is 5.10 Å². The number of rotatable bonds is 3. The van der Waals surface area contributed by atoms with Crippen molar-refractivity contribution < 1.29 is 0 Å². The molecular formula is C21H16Br2N2. The highest BCUT2D eigenvalue weighted by Gasteiger charge is 2.29. The van der Waals surface area contributed by atoms with Gasteiger partial charge in [0, 0.05) is 15.4 Å². The lowest BCUT2D eigenvalue weighted by Crippen LogP contribution is -2.18. The van der Waals surface area contributed by atoms with Gasteiger partial charge in [-0.2, -0.15) is 5.10 Å². The van der Waals surface area contributed by atoms with E-state index in [1.54, 1.807) is 0 Å². The molecule has 3 aromatic carbocycles. The SMILES string of the molecule is Brc1ccc(C2=NN(c3cccc(Br)c3)C(c3ccccc3)C2)cc1. The van der Waals surface area contributed by atoms with E-state index in [1.165, 1.54) is 11.1 Å². The summed E-state index contributed by atoms with van der Waals surface area (Å²) in [6.45, 7) is 0. The molecule has 0 fully saturated rings. The van der Waals surface area contributed by atoms with Crippen molar-refractivity contribution in [2.45, 2.75) is 12.5 Å². The lowest BCUT2D eigenvalue weighted by molar-refractivity contribution is 0.709. The fourth-order valence-corrected chi connectivity index (χ4v) is 3.77. The molecule has 0 aromatic heterocycles. The van der Waals surface area contributed by atoms with Gasteiger partial charge in [0.15, 0.2) is 0 Å². The van der Waals surface area contributed by atoms with Crippen LogP contribution in [0.2, 0.25) is 0 Å². The third kappa shape index (κ3) is 3.55. The van der Waals surface area contributed by atoms with Crippen LogP contribution in [0.25, 0.3) is 0 Å². The second kappa shape index (κ2) is 7.14. The summed E-state index contributed by atoms with van der Waals surface area (Å²) in [7, 11) is 0. The van der Waals surface area contributed by atoms with Crippen LogP contribution in [0.15, 0.2) is 92.9 Å². The molecule has 0 aliphatic carbocycles. The highest BCUT2D eigenvalue weighted by Crippen LogP contribution is 2.37. The van der Waals surface area contributed by atoms with Crippen LogP contribution in [0.3, 0.4) is 0 Å². The van der Waals surface area contributed by atoms with Gasteiger partial charge in [0.2, 0.25) is 0 Å². The summed E-state index contributed by atoms with van der Waals surface area (Å²) in [6.07, 6.45) is 0.887. The molecule has 4 heteroatoms. The molecule has 0 saturated heterocycles. The number of halogens is 2. The number of anilines is 1. The quantitative estimate of drug-likeness (QED) is 0.436. The summed E-state index contributed by atoms with van der Waals surface area (Å²) in [5.41, 5.74) is 4.65. The van der Waals surface area contributed by atoms with Crippen LogP contribution in [-0.4, -0.2) is 5.71 Å². The molecule has 25 heavy (non-hydrogen) atoms. The minimum absolute atomic E-state index is 0.203. The third-order valence-electron chi connectivity index (χ3n) is 4.34. The number of nitrogens with zero attached hydrogens (tertiary/aromatic N) is 2. The summed E-state index contributed by atoms with van der Waals surface area (Å²) < 4.78 is 2.14. The maximum atomic E-state index is 4.97. The summed E-state index contributed by atoms with van der Waals surface area (Å²) in [5, 5.41) is 7.11. The molecule has 2 nitrogen and oxygen atoms in total. The van der Waals surface area contributed by atoms with Crippen molar-refractivity contribution in [3.05, 3.63) is 98.9 Å². The summed E-state index contributed by atoms with van der Waals surface area (Å²) >= 11 is 7.08. The van der Waals surface area contributed by atoms with Gasteiger partial charge in [0.1, 0.15) is 0 Å². The van der Waals surface area contributed by atoms with Gasteiger partial charge in [0.25, 0.3) is 0 Å².